The molecule has 0 bridgehead atoms. The molecule has 5 rings (SSSR count). The van der Waals surface area contributed by atoms with Crippen molar-refractivity contribution in [1.82, 2.24) is 20.2 Å². The zero-order valence-electron chi connectivity index (χ0n) is 14.3. The highest BCUT2D eigenvalue weighted by atomic mass is 15.3. The molecule has 128 valence electrons. The van der Waals surface area contributed by atoms with Crippen LogP contribution in [-0.4, -0.2) is 39.8 Å². The maximum Gasteiger partial charge on any atom is 0.229 e. The molecule has 2 aromatic heterocycles. The molecule has 0 radical (unpaired) electrons. The Morgan fingerprint density at radius 2 is 1.80 bits per heavy atom. The van der Waals surface area contributed by atoms with Crippen molar-refractivity contribution in [2.45, 2.75) is 32.2 Å². The summed E-state index contributed by atoms with van der Waals surface area (Å²) in [5.74, 6) is 1.87. The van der Waals surface area contributed by atoms with Gasteiger partial charge in [0.05, 0.1) is 11.1 Å². The quantitative estimate of drug-likeness (QED) is 0.798. The first-order chi connectivity index (χ1) is 12.4. The fourth-order valence-corrected chi connectivity index (χ4v) is 3.91. The Morgan fingerprint density at radius 1 is 0.960 bits per heavy atom. The number of aromatic amines is 1. The molecule has 0 atom stereocenters. The number of piperidine rings is 1. The summed E-state index contributed by atoms with van der Waals surface area (Å²) in [5.41, 5.74) is 3.28. The number of nitrogens with one attached hydrogen (secondary N) is 1. The van der Waals surface area contributed by atoms with Crippen LogP contribution in [-0.2, 0) is 13.0 Å². The summed E-state index contributed by atoms with van der Waals surface area (Å²) >= 11 is 0. The van der Waals surface area contributed by atoms with Crippen molar-refractivity contribution in [2.75, 3.05) is 29.4 Å². The smallest absolute Gasteiger partial charge is 0.229 e. The van der Waals surface area contributed by atoms with E-state index in [1.165, 1.54) is 30.5 Å². The van der Waals surface area contributed by atoms with Crippen LogP contribution >= 0.6 is 0 Å². The molecule has 2 aliphatic heterocycles. The highest BCUT2D eigenvalue weighted by Gasteiger charge is 2.26. The fourth-order valence-electron chi connectivity index (χ4n) is 3.91. The number of H-pyrrole nitrogens is 1. The minimum Gasteiger partial charge on any atom is -0.351 e. The van der Waals surface area contributed by atoms with Gasteiger partial charge in [0.15, 0.2) is 5.65 Å². The predicted molar refractivity (Wildman–Crippen MR) is 98.9 cm³/mol. The van der Waals surface area contributed by atoms with E-state index in [1.807, 2.05) is 0 Å². The summed E-state index contributed by atoms with van der Waals surface area (Å²) in [7, 11) is 0. The molecule has 6 heteroatoms. The monoisotopic (exact) mass is 334 g/mol. The lowest BCUT2D eigenvalue weighted by molar-refractivity contribution is 0.568. The van der Waals surface area contributed by atoms with Gasteiger partial charge in [0, 0.05) is 32.6 Å². The lowest BCUT2D eigenvalue weighted by atomic mass is 10.1. The Hall–Kier alpha value is -2.63. The van der Waals surface area contributed by atoms with Crippen molar-refractivity contribution in [3.8, 4) is 0 Å². The molecular weight excluding hydrogens is 312 g/mol. The molecule has 0 amide bonds. The fraction of sp³-hybridized carbons (Fsp3) is 0.421. The second-order valence-electron chi connectivity index (χ2n) is 6.95. The maximum atomic E-state index is 4.99. The van der Waals surface area contributed by atoms with E-state index in [1.54, 1.807) is 0 Å². The van der Waals surface area contributed by atoms with Gasteiger partial charge < -0.3 is 9.80 Å². The Kier molecular flexibility index (Phi) is 3.54. The first-order valence-corrected chi connectivity index (χ1v) is 9.17. The molecule has 2 aliphatic rings. The molecule has 6 nitrogen and oxygen atoms in total. The number of nitrogens with zero attached hydrogens (tertiary/aromatic N) is 5. The van der Waals surface area contributed by atoms with Crippen molar-refractivity contribution in [3.63, 3.8) is 0 Å². The Labute approximate surface area is 146 Å². The van der Waals surface area contributed by atoms with Crippen LogP contribution in [0.5, 0.6) is 0 Å². The van der Waals surface area contributed by atoms with Crippen molar-refractivity contribution in [3.05, 3.63) is 41.6 Å². The third-order valence-electron chi connectivity index (χ3n) is 5.24. The zero-order valence-corrected chi connectivity index (χ0v) is 14.3. The second-order valence-corrected chi connectivity index (χ2v) is 6.95. The van der Waals surface area contributed by atoms with Crippen molar-refractivity contribution >= 4 is 22.8 Å². The number of hydrogen-bond acceptors (Lipinski definition) is 5. The number of rotatable bonds is 3. The van der Waals surface area contributed by atoms with Crippen molar-refractivity contribution < 1.29 is 0 Å². The number of aromatic nitrogens is 4. The Bertz CT molecular complexity index is 882. The van der Waals surface area contributed by atoms with Gasteiger partial charge in [-0.15, -0.1) is 0 Å². The van der Waals surface area contributed by atoms with Crippen LogP contribution in [0.25, 0.3) is 11.0 Å². The lowest BCUT2D eigenvalue weighted by Crippen LogP contribution is -2.33. The minimum absolute atomic E-state index is 0.804. The molecule has 3 aromatic rings. The molecule has 0 unspecified atom stereocenters. The predicted octanol–water partition coefficient (Wildman–Crippen LogP) is 2.91. The Balaban J connectivity index is 1.56. The average Bonchev–Trinajstić information content (AvgIpc) is 3.09. The number of benzene rings is 1. The van der Waals surface area contributed by atoms with E-state index in [2.05, 4.69) is 50.3 Å². The molecule has 1 N–H and O–H groups in total. The molecule has 0 aliphatic carbocycles. The normalized spacial score (nSPS) is 17.3. The molecular formula is C19H22N6. The van der Waals surface area contributed by atoms with Gasteiger partial charge >= 0.3 is 0 Å². The van der Waals surface area contributed by atoms with Crippen LogP contribution in [0.1, 0.15) is 30.5 Å². The molecule has 25 heavy (non-hydrogen) atoms. The van der Waals surface area contributed by atoms with Crippen molar-refractivity contribution in [1.29, 1.82) is 0 Å². The van der Waals surface area contributed by atoms with Gasteiger partial charge in [0.1, 0.15) is 5.82 Å². The Morgan fingerprint density at radius 3 is 2.64 bits per heavy atom. The maximum absolute atomic E-state index is 4.99. The van der Waals surface area contributed by atoms with Crippen LogP contribution < -0.4 is 9.80 Å². The van der Waals surface area contributed by atoms with Gasteiger partial charge in [0.25, 0.3) is 0 Å². The summed E-state index contributed by atoms with van der Waals surface area (Å²) in [5, 5.41) is 8.73. The van der Waals surface area contributed by atoms with E-state index in [9.17, 15) is 0 Å². The van der Waals surface area contributed by atoms with Gasteiger partial charge in [-0.05, 0) is 24.8 Å². The molecule has 1 aromatic carbocycles. The highest BCUT2D eigenvalue weighted by Crippen LogP contribution is 2.33. The van der Waals surface area contributed by atoms with Gasteiger partial charge in [0.2, 0.25) is 5.95 Å². The van der Waals surface area contributed by atoms with Gasteiger partial charge in [-0.1, -0.05) is 30.3 Å². The van der Waals surface area contributed by atoms with Crippen LogP contribution in [0.3, 0.4) is 0 Å². The summed E-state index contributed by atoms with van der Waals surface area (Å²) in [4.78, 5) is 14.4. The van der Waals surface area contributed by atoms with Gasteiger partial charge in [-0.25, -0.2) is 0 Å². The first-order valence-electron chi connectivity index (χ1n) is 9.17. The average molecular weight is 334 g/mol. The van der Waals surface area contributed by atoms with E-state index >= 15 is 0 Å². The molecule has 4 heterocycles. The third-order valence-corrected chi connectivity index (χ3v) is 5.24. The highest BCUT2D eigenvalue weighted by molar-refractivity contribution is 5.91. The van der Waals surface area contributed by atoms with Crippen molar-refractivity contribution in [2.24, 2.45) is 0 Å². The van der Waals surface area contributed by atoms with Crippen LogP contribution in [0.4, 0.5) is 11.8 Å². The summed E-state index contributed by atoms with van der Waals surface area (Å²) in [6.07, 6.45) is 4.70. The lowest BCUT2D eigenvalue weighted by Gasteiger charge is -2.31. The van der Waals surface area contributed by atoms with E-state index in [0.717, 1.165) is 55.4 Å². The second kappa shape index (κ2) is 6.02. The molecule has 0 spiro atoms. The zero-order chi connectivity index (χ0) is 16.6. The molecule has 0 saturated carbocycles. The topological polar surface area (TPSA) is 60.9 Å². The summed E-state index contributed by atoms with van der Waals surface area (Å²) in [6.45, 7) is 3.91. The molecule has 1 fully saturated rings. The van der Waals surface area contributed by atoms with E-state index in [0.29, 0.717) is 0 Å². The van der Waals surface area contributed by atoms with E-state index in [4.69, 9.17) is 9.97 Å². The number of hydrogen-bond donors (Lipinski definition) is 1. The summed E-state index contributed by atoms with van der Waals surface area (Å²) < 4.78 is 0. The third kappa shape index (κ3) is 2.62. The summed E-state index contributed by atoms with van der Waals surface area (Å²) in [6, 6.07) is 10.6. The van der Waals surface area contributed by atoms with Gasteiger partial charge in [-0.3, -0.25) is 5.10 Å². The molecule has 1 saturated heterocycles. The first kappa shape index (κ1) is 14.7. The largest absolute Gasteiger partial charge is 0.351 e. The van der Waals surface area contributed by atoms with E-state index < -0.39 is 0 Å². The standard InChI is InChI=1S/C19H22N6/c1-3-7-14(8-4-1)13-25-12-9-15-16-17(23-22-15)20-19(21-18(16)25)24-10-5-2-6-11-24/h1,3-4,7-8H,2,5-6,9-13H2,(H,20,21,22,23). The van der Waals surface area contributed by atoms with Gasteiger partial charge in [-0.2, -0.15) is 15.1 Å². The van der Waals surface area contributed by atoms with Crippen LogP contribution in [0, 0.1) is 0 Å². The SMILES string of the molecule is c1ccc(CN2CCc3[nH]nc4nc(N5CCCCC5)nc2c34)cc1. The van der Waals surface area contributed by atoms with Crippen LogP contribution in [0.2, 0.25) is 0 Å². The van der Waals surface area contributed by atoms with E-state index in [-0.39, 0.29) is 0 Å². The van der Waals surface area contributed by atoms with Crippen LogP contribution in [0.15, 0.2) is 30.3 Å². The minimum atomic E-state index is 0.804. The number of anilines is 2.